The third-order valence-electron chi connectivity index (χ3n) is 5.31. The third-order valence-corrected chi connectivity index (χ3v) is 5.31. The minimum absolute atomic E-state index is 0.0513. The number of carbonyl (C=O) groups excluding carboxylic acids is 2. The average molecular weight is 406 g/mol. The fourth-order valence-electron chi connectivity index (χ4n) is 3.98. The molecule has 3 aromatic rings. The first-order valence-electron chi connectivity index (χ1n) is 10.1. The standard InChI is InChI=1S/C23H26N4O3/c1-15(2)24-21(28)14-27-20-7-5-4-6-19(20)25-23(27)16-12-22(29)26(13-16)17-8-10-18(30-3)11-9-17/h4-11,15-16H,12-14H2,1-3H3,(H,24,28)/t16-/m1/s1. The Morgan fingerprint density at radius 1 is 1.20 bits per heavy atom. The Hall–Kier alpha value is -3.35. The molecule has 1 saturated heterocycles. The van der Waals surface area contributed by atoms with E-state index in [4.69, 9.17) is 9.72 Å². The van der Waals surface area contributed by atoms with E-state index in [-0.39, 0.29) is 30.3 Å². The summed E-state index contributed by atoms with van der Waals surface area (Å²) in [4.78, 5) is 31.9. The van der Waals surface area contributed by atoms with Gasteiger partial charge in [0, 0.05) is 30.6 Å². The lowest BCUT2D eigenvalue weighted by Gasteiger charge is -2.18. The summed E-state index contributed by atoms with van der Waals surface area (Å²) in [6.07, 6.45) is 0.362. The Morgan fingerprint density at radius 3 is 2.63 bits per heavy atom. The number of rotatable bonds is 6. The Kier molecular flexibility index (Phi) is 5.44. The molecule has 7 nitrogen and oxygen atoms in total. The van der Waals surface area contributed by atoms with E-state index >= 15 is 0 Å². The number of nitrogens with one attached hydrogen (secondary N) is 1. The van der Waals surface area contributed by atoms with Crippen molar-refractivity contribution in [1.82, 2.24) is 14.9 Å². The summed E-state index contributed by atoms with van der Waals surface area (Å²) in [6.45, 7) is 4.59. The number of amides is 2. The first-order chi connectivity index (χ1) is 14.5. The zero-order valence-electron chi connectivity index (χ0n) is 17.5. The van der Waals surface area contributed by atoms with E-state index in [1.807, 2.05) is 66.9 Å². The van der Waals surface area contributed by atoms with Crippen molar-refractivity contribution in [2.45, 2.75) is 38.8 Å². The van der Waals surface area contributed by atoms with Gasteiger partial charge in [-0.2, -0.15) is 0 Å². The maximum absolute atomic E-state index is 12.8. The topological polar surface area (TPSA) is 76.5 Å². The third kappa shape index (κ3) is 3.87. The Bertz CT molecular complexity index is 1070. The highest BCUT2D eigenvalue weighted by Crippen LogP contribution is 2.33. The Morgan fingerprint density at radius 2 is 1.93 bits per heavy atom. The molecule has 156 valence electrons. The minimum atomic E-state index is -0.0844. The Balaban J connectivity index is 1.64. The lowest BCUT2D eigenvalue weighted by Crippen LogP contribution is -2.33. The van der Waals surface area contributed by atoms with Gasteiger partial charge in [0.2, 0.25) is 11.8 Å². The quantitative estimate of drug-likeness (QED) is 0.683. The zero-order valence-corrected chi connectivity index (χ0v) is 17.5. The number of hydrogen-bond acceptors (Lipinski definition) is 4. The van der Waals surface area contributed by atoms with Crippen LogP contribution >= 0.6 is 0 Å². The largest absolute Gasteiger partial charge is 0.497 e. The lowest BCUT2D eigenvalue weighted by atomic mass is 10.1. The van der Waals surface area contributed by atoms with Gasteiger partial charge in [-0.1, -0.05) is 12.1 Å². The van der Waals surface area contributed by atoms with Crippen LogP contribution in [-0.4, -0.2) is 41.1 Å². The van der Waals surface area contributed by atoms with Crippen LogP contribution < -0.4 is 15.0 Å². The van der Waals surface area contributed by atoms with Crippen molar-refractivity contribution in [2.75, 3.05) is 18.6 Å². The molecule has 0 aliphatic carbocycles. The van der Waals surface area contributed by atoms with Gasteiger partial charge in [0.1, 0.15) is 18.1 Å². The molecule has 1 fully saturated rings. The summed E-state index contributed by atoms with van der Waals surface area (Å²) in [5.74, 6) is 1.43. The predicted molar refractivity (Wildman–Crippen MR) is 116 cm³/mol. The number of imidazole rings is 1. The van der Waals surface area contributed by atoms with Crippen LogP contribution in [0.2, 0.25) is 0 Å². The fraction of sp³-hybridized carbons (Fsp3) is 0.348. The Labute approximate surface area is 175 Å². The highest BCUT2D eigenvalue weighted by atomic mass is 16.5. The van der Waals surface area contributed by atoms with Crippen LogP contribution in [0.3, 0.4) is 0 Å². The molecule has 1 N–H and O–H groups in total. The lowest BCUT2D eigenvalue weighted by molar-refractivity contribution is -0.122. The minimum Gasteiger partial charge on any atom is -0.497 e. The molecule has 0 spiro atoms. The van der Waals surface area contributed by atoms with Gasteiger partial charge in [0.25, 0.3) is 0 Å². The summed E-state index contributed by atoms with van der Waals surface area (Å²) in [6, 6.07) is 15.3. The van der Waals surface area contributed by atoms with Crippen LogP contribution in [0.25, 0.3) is 11.0 Å². The number of anilines is 1. The number of carbonyl (C=O) groups is 2. The van der Waals surface area contributed by atoms with Crippen LogP contribution in [-0.2, 0) is 16.1 Å². The van der Waals surface area contributed by atoms with Crippen molar-refractivity contribution < 1.29 is 14.3 Å². The van der Waals surface area contributed by atoms with E-state index in [2.05, 4.69) is 5.32 Å². The van der Waals surface area contributed by atoms with E-state index in [1.54, 1.807) is 12.0 Å². The molecule has 2 amide bonds. The number of ether oxygens (including phenoxy) is 1. The number of fused-ring (bicyclic) bond motifs is 1. The summed E-state index contributed by atoms with van der Waals surface area (Å²) in [5.41, 5.74) is 2.57. The number of hydrogen-bond donors (Lipinski definition) is 1. The van der Waals surface area contributed by atoms with Gasteiger partial charge < -0.3 is 19.5 Å². The highest BCUT2D eigenvalue weighted by Gasteiger charge is 2.35. The van der Waals surface area contributed by atoms with E-state index in [1.165, 1.54) is 0 Å². The maximum Gasteiger partial charge on any atom is 0.240 e. The molecule has 2 heterocycles. The normalized spacial score (nSPS) is 16.5. The van der Waals surface area contributed by atoms with Gasteiger partial charge in [0.15, 0.2) is 0 Å². The molecule has 0 saturated carbocycles. The summed E-state index contributed by atoms with van der Waals surface area (Å²) in [7, 11) is 1.62. The van der Waals surface area contributed by atoms with Crippen molar-refractivity contribution in [2.24, 2.45) is 0 Å². The molecule has 2 aromatic carbocycles. The van der Waals surface area contributed by atoms with Crippen LogP contribution in [0.1, 0.15) is 32.0 Å². The second-order valence-electron chi connectivity index (χ2n) is 7.87. The number of benzene rings is 2. The summed E-state index contributed by atoms with van der Waals surface area (Å²) < 4.78 is 7.16. The number of nitrogens with zero attached hydrogens (tertiary/aromatic N) is 3. The van der Waals surface area contributed by atoms with Gasteiger partial charge in [-0.25, -0.2) is 4.98 Å². The molecule has 30 heavy (non-hydrogen) atoms. The van der Waals surface area contributed by atoms with Gasteiger partial charge in [-0.05, 0) is 50.2 Å². The van der Waals surface area contributed by atoms with Gasteiger partial charge in [-0.15, -0.1) is 0 Å². The molecule has 1 aromatic heterocycles. The molecular formula is C23H26N4O3. The average Bonchev–Trinajstić information content (AvgIpc) is 3.28. The van der Waals surface area contributed by atoms with Crippen molar-refractivity contribution in [3.05, 3.63) is 54.4 Å². The predicted octanol–water partition coefficient (Wildman–Crippen LogP) is 3.09. The highest BCUT2D eigenvalue weighted by molar-refractivity contribution is 5.96. The van der Waals surface area contributed by atoms with Crippen molar-refractivity contribution in [3.8, 4) is 5.75 Å². The van der Waals surface area contributed by atoms with E-state index in [0.717, 1.165) is 28.3 Å². The molecule has 0 radical (unpaired) electrons. The van der Waals surface area contributed by atoms with Crippen LogP contribution in [0.15, 0.2) is 48.5 Å². The second kappa shape index (κ2) is 8.18. The zero-order chi connectivity index (χ0) is 21.3. The molecule has 7 heteroatoms. The number of aromatic nitrogens is 2. The molecule has 0 unspecified atom stereocenters. The summed E-state index contributed by atoms with van der Waals surface area (Å²) >= 11 is 0. The first-order valence-corrected chi connectivity index (χ1v) is 10.1. The molecule has 1 atom stereocenters. The number of methoxy groups -OCH3 is 1. The van der Waals surface area contributed by atoms with Crippen LogP contribution in [0.4, 0.5) is 5.69 Å². The molecule has 1 aliphatic rings. The molecular weight excluding hydrogens is 380 g/mol. The maximum atomic E-state index is 12.8. The number of para-hydroxylation sites is 2. The van der Waals surface area contributed by atoms with Crippen LogP contribution in [0, 0.1) is 0 Å². The summed E-state index contributed by atoms with van der Waals surface area (Å²) in [5, 5.41) is 2.94. The van der Waals surface area contributed by atoms with Gasteiger partial charge in [-0.3, -0.25) is 9.59 Å². The van der Waals surface area contributed by atoms with Gasteiger partial charge >= 0.3 is 0 Å². The molecule has 0 bridgehead atoms. The SMILES string of the molecule is COc1ccc(N2C[C@H](c3nc4ccccc4n3CC(=O)NC(C)C)CC2=O)cc1. The molecule has 4 rings (SSSR count). The fourth-order valence-corrected chi connectivity index (χ4v) is 3.98. The van der Waals surface area contributed by atoms with Crippen molar-refractivity contribution in [3.63, 3.8) is 0 Å². The van der Waals surface area contributed by atoms with E-state index in [0.29, 0.717) is 13.0 Å². The second-order valence-corrected chi connectivity index (χ2v) is 7.87. The van der Waals surface area contributed by atoms with Crippen molar-refractivity contribution in [1.29, 1.82) is 0 Å². The smallest absolute Gasteiger partial charge is 0.240 e. The van der Waals surface area contributed by atoms with E-state index < -0.39 is 0 Å². The first kappa shape index (κ1) is 19.9. The molecule has 1 aliphatic heterocycles. The van der Waals surface area contributed by atoms with Gasteiger partial charge in [0.05, 0.1) is 18.1 Å². The van der Waals surface area contributed by atoms with E-state index in [9.17, 15) is 9.59 Å². The van der Waals surface area contributed by atoms with Crippen LogP contribution in [0.5, 0.6) is 5.75 Å². The van der Waals surface area contributed by atoms with Crippen molar-refractivity contribution >= 4 is 28.5 Å². The monoisotopic (exact) mass is 406 g/mol.